The van der Waals surface area contributed by atoms with Gasteiger partial charge in [-0.05, 0) is 18.2 Å². The molecule has 0 spiro atoms. The van der Waals surface area contributed by atoms with E-state index in [1.165, 1.54) is 0 Å². The Morgan fingerprint density at radius 2 is 2.20 bits per heavy atom. The van der Waals surface area contributed by atoms with E-state index < -0.39 is 0 Å². The van der Waals surface area contributed by atoms with Crippen LogP contribution >= 0.6 is 0 Å². The first-order chi connectivity index (χ1) is 9.81. The lowest BCUT2D eigenvalue weighted by Crippen LogP contribution is -2.28. The first-order valence-corrected chi connectivity index (χ1v) is 6.25. The highest BCUT2D eigenvalue weighted by atomic mass is 16.2. The average molecular weight is 269 g/mol. The summed E-state index contributed by atoms with van der Waals surface area (Å²) in [7, 11) is 0. The highest BCUT2D eigenvalue weighted by molar-refractivity contribution is 5.96. The van der Waals surface area contributed by atoms with Gasteiger partial charge in [-0.3, -0.25) is 9.48 Å². The van der Waals surface area contributed by atoms with E-state index in [-0.39, 0.29) is 12.5 Å². The largest absolute Gasteiger partial charge is 0.384 e. The van der Waals surface area contributed by atoms with Crippen molar-refractivity contribution in [2.75, 3.05) is 13.2 Å². The van der Waals surface area contributed by atoms with Gasteiger partial charge in [0.1, 0.15) is 6.61 Å². The molecule has 0 aliphatic carbocycles. The van der Waals surface area contributed by atoms with Crippen LogP contribution in [0.15, 0.2) is 42.7 Å². The average Bonchev–Trinajstić information content (AvgIpc) is 2.98. The van der Waals surface area contributed by atoms with Crippen molar-refractivity contribution < 1.29 is 9.90 Å². The SMILES string of the molecule is O=C(NCCn1cccn1)c1ccccc1C#CCO. The molecule has 5 nitrogen and oxygen atoms in total. The predicted octanol–water partition coefficient (Wildman–Crippen LogP) is 0.657. The van der Waals surface area contributed by atoms with Crippen molar-refractivity contribution in [3.8, 4) is 11.8 Å². The maximum absolute atomic E-state index is 12.1. The third-order valence-electron chi connectivity index (χ3n) is 2.66. The van der Waals surface area contributed by atoms with Crippen LogP contribution in [0.4, 0.5) is 0 Å². The van der Waals surface area contributed by atoms with Crippen molar-refractivity contribution in [2.45, 2.75) is 6.54 Å². The summed E-state index contributed by atoms with van der Waals surface area (Å²) in [6.45, 7) is 0.876. The molecule has 0 saturated carbocycles. The molecule has 1 aromatic carbocycles. The highest BCUT2D eigenvalue weighted by Gasteiger charge is 2.08. The molecule has 5 heteroatoms. The van der Waals surface area contributed by atoms with E-state index in [4.69, 9.17) is 5.11 Å². The quantitative estimate of drug-likeness (QED) is 0.801. The second kappa shape index (κ2) is 7.12. The normalized spacial score (nSPS) is 9.65. The lowest BCUT2D eigenvalue weighted by molar-refractivity contribution is 0.0951. The minimum atomic E-state index is -0.227. The second-order valence-corrected chi connectivity index (χ2v) is 4.03. The summed E-state index contributed by atoms with van der Waals surface area (Å²) >= 11 is 0. The summed E-state index contributed by atoms with van der Waals surface area (Å²) in [5, 5.41) is 15.6. The molecule has 1 amide bonds. The molecule has 1 heterocycles. The van der Waals surface area contributed by atoms with Gasteiger partial charge >= 0.3 is 0 Å². The van der Waals surface area contributed by atoms with Gasteiger partial charge in [0.2, 0.25) is 0 Å². The predicted molar refractivity (Wildman–Crippen MR) is 75.0 cm³/mol. The van der Waals surface area contributed by atoms with Gasteiger partial charge in [0.25, 0.3) is 5.91 Å². The molecule has 2 N–H and O–H groups in total. The minimum absolute atomic E-state index is 0.181. The Bertz CT molecular complexity index is 624. The first-order valence-electron chi connectivity index (χ1n) is 6.25. The van der Waals surface area contributed by atoms with Crippen LogP contribution in [0, 0.1) is 11.8 Å². The van der Waals surface area contributed by atoms with Crippen LogP contribution in [-0.2, 0) is 6.54 Å². The summed E-state index contributed by atoms with van der Waals surface area (Å²) in [5.74, 6) is 5.14. The molecule has 2 aromatic rings. The Morgan fingerprint density at radius 3 is 2.95 bits per heavy atom. The number of carbonyl (C=O) groups excluding carboxylic acids is 1. The third kappa shape index (κ3) is 3.70. The maximum Gasteiger partial charge on any atom is 0.252 e. The first kappa shape index (κ1) is 13.8. The van der Waals surface area contributed by atoms with Crippen molar-refractivity contribution in [1.29, 1.82) is 0 Å². The van der Waals surface area contributed by atoms with Gasteiger partial charge in [-0.15, -0.1) is 0 Å². The van der Waals surface area contributed by atoms with E-state index in [0.29, 0.717) is 24.2 Å². The zero-order valence-corrected chi connectivity index (χ0v) is 10.9. The fourth-order valence-corrected chi connectivity index (χ4v) is 1.74. The molecule has 0 aliphatic heterocycles. The molecule has 0 unspecified atom stereocenters. The number of rotatable bonds is 4. The van der Waals surface area contributed by atoms with Crippen LogP contribution in [0.2, 0.25) is 0 Å². The fourth-order valence-electron chi connectivity index (χ4n) is 1.74. The number of aliphatic hydroxyl groups excluding tert-OH is 1. The summed E-state index contributed by atoms with van der Waals surface area (Å²) in [4.78, 5) is 12.1. The molecule has 102 valence electrons. The summed E-state index contributed by atoms with van der Waals surface area (Å²) in [6, 6.07) is 8.89. The van der Waals surface area contributed by atoms with E-state index in [9.17, 15) is 4.79 Å². The lowest BCUT2D eigenvalue weighted by atomic mass is 10.1. The van der Waals surface area contributed by atoms with Crippen molar-refractivity contribution in [1.82, 2.24) is 15.1 Å². The van der Waals surface area contributed by atoms with Crippen LogP contribution in [0.5, 0.6) is 0 Å². The molecule has 0 bridgehead atoms. The molecule has 0 radical (unpaired) electrons. The van der Waals surface area contributed by atoms with E-state index in [0.717, 1.165) is 0 Å². The van der Waals surface area contributed by atoms with Crippen LogP contribution in [0.1, 0.15) is 15.9 Å². The van der Waals surface area contributed by atoms with E-state index in [1.54, 1.807) is 29.1 Å². The zero-order valence-electron chi connectivity index (χ0n) is 10.9. The Morgan fingerprint density at radius 1 is 1.35 bits per heavy atom. The van der Waals surface area contributed by atoms with Gasteiger partial charge in [0, 0.05) is 24.5 Å². The van der Waals surface area contributed by atoms with Gasteiger partial charge in [-0.2, -0.15) is 5.10 Å². The second-order valence-electron chi connectivity index (χ2n) is 4.03. The molecule has 20 heavy (non-hydrogen) atoms. The Hall–Kier alpha value is -2.58. The number of hydrogen-bond acceptors (Lipinski definition) is 3. The number of nitrogens with zero attached hydrogens (tertiary/aromatic N) is 2. The van der Waals surface area contributed by atoms with Crippen molar-refractivity contribution in [3.63, 3.8) is 0 Å². The Balaban J connectivity index is 1.98. The summed E-state index contributed by atoms with van der Waals surface area (Å²) in [6.07, 6.45) is 3.54. The number of aromatic nitrogens is 2. The third-order valence-corrected chi connectivity index (χ3v) is 2.66. The topological polar surface area (TPSA) is 67.2 Å². The van der Waals surface area contributed by atoms with Gasteiger partial charge in [0.05, 0.1) is 12.1 Å². The van der Waals surface area contributed by atoms with Crippen LogP contribution in [-0.4, -0.2) is 33.9 Å². The standard InChI is InChI=1S/C15H15N3O2/c19-12-3-6-13-5-1-2-7-14(13)15(20)16-9-11-18-10-4-8-17-18/h1-2,4-5,7-8,10,19H,9,11-12H2,(H,16,20). The molecular weight excluding hydrogens is 254 g/mol. The van der Waals surface area contributed by atoms with Gasteiger partial charge in [-0.25, -0.2) is 0 Å². The highest BCUT2D eigenvalue weighted by Crippen LogP contribution is 2.06. The van der Waals surface area contributed by atoms with Crippen LogP contribution < -0.4 is 5.32 Å². The molecule has 0 atom stereocenters. The summed E-state index contributed by atoms with van der Waals surface area (Å²) < 4.78 is 1.75. The molecule has 0 aliphatic rings. The maximum atomic E-state index is 12.1. The molecule has 0 fully saturated rings. The van der Waals surface area contributed by atoms with Gasteiger partial charge < -0.3 is 10.4 Å². The van der Waals surface area contributed by atoms with E-state index in [1.807, 2.05) is 18.3 Å². The van der Waals surface area contributed by atoms with Gasteiger partial charge in [0.15, 0.2) is 0 Å². The van der Waals surface area contributed by atoms with E-state index in [2.05, 4.69) is 22.3 Å². The minimum Gasteiger partial charge on any atom is -0.384 e. The molecule has 0 saturated heterocycles. The number of benzene rings is 1. The van der Waals surface area contributed by atoms with Crippen LogP contribution in [0.25, 0.3) is 0 Å². The smallest absolute Gasteiger partial charge is 0.252 e. The Kier molecular flexibility index (Phi) is 4.93. The van der Waals surface area contributed by atoms with E-state index >= 15 is 0 Å². The van der Waals surface area contributed by atoms with Gasteiger partial charge in [-0.1, -0.05) is 24.0 Å². The number of nitrogens with one attached hydrogen (secondary N) is 1. The number of carbonyl (C=O) groups is 1. The molecular formula is C15H15N3O2. The van der Waals surface area contributed by atoms with Crippen molar-refractivity contribution >= 4 is 5.91 Å². The molecule has 1 aromatic heterocycles. The molecule has 2 rings (SSSR count). The Labute approximate surface area is 117 Å². The zero-order chi connectivity index (χ0) is 14.2. The number of hydrogen-bond donors (Lipinski definition) is 2. The monoisotopic (exact) mass is 269 g/mol. The lowest BCUT2D eigenvalue weighted by Gasteiger charge is -2.07. The number of amides is 1. The summed E-state index contributed by atoms with van der Waals surface area (Å²) in [5.41, 5.74) is 1.12. The van der Waals surface area contributed by atoms with Crippen molar-refractivity contribution in [2.24, 2.45) is 0 Å². The van der Waals surface area contributed by atoms with Crippen molar-refractivity contribution in [3.05, 3.63) is 53.9 Å². The fraction of sp³-hybridized carbons (Fsp3) is 0.200. The van der Waals surface area contributed by atoms with Crippen LogP contribution in [0.3, 0.4) is 0 Å². The number of aliphatic hydroxyl groups is 1.